The highest BCUT2D eigenvalue weighted by atomic mass is 16.2. The molecule has 0 radical (unpaired) electrons. The number of benzene rings is 2. The third-order valence-corrected chi connectivity index (χ3v) is 3.62. The van der Waals surface area contributed by atoms with Crippen molar-refractivity contribution in [3.8, 4) is 0 Å². The minimum absolute atomic E-state index is 0.0889. The number of hydrogen-bond acceptors (Lipinski definition) is 2. The van der Waals surface area contributed by atoms with E-state index in [4.69, 9.17) is 0 Å². The molecule has 1 amide bonds. The smallest absolute Gasteiger partial charge is 0.253 e. The number of allylic oxidation sites excluding steroid dienone is 1. The first kappa shape index (κ1) is 15.7. The molecule has 0 N–H and O–H groups in total. The summed E-state index contributed by atoms with van der Waals surface area (Å²) in [6.07, 6.45) is 1.76. The largest absolute Gasteiger partial charge is 0.311 e. The summed E-state index contributed by atoms with van der Waals surface area (Å²) < 4.78 is 0. The number of carbonyl (C=O) groups is 2. The zero-order valence-electron chi connectivity index (χ0n) is 13.0. The molecule has 2 aromatic carbocycles. The lowest BCUT2D eigenvalue weighted by atomic mass is 10.0. The fraction of sp³-hybridized carbons (Fsp3) is 0.158. The van der Waals surface area contributed by atoms with Gasteiger partial charge in [-0.2, -0.15) is 0 Å². The van der Waals surface area contributed by atoms with Crippen molar-refractivity contribution < 1.29 is 9.59 Å². The van der Waals surface area contributed by atoms with Gasteiger partial charge in [-0.25, -0.2) is 0 Å². The zero-order chi connectivity index (χ0) is 16.1. The van der Waals surface area contributed by atoms with Gasteiger partial charge in [-0.05, 0) is 26.0 Å². The van der Waals surface area contributed by atoms with E-state index in [1.54, 1.807) is 50.4 Å². The average molecular weight is 293 g/mol. The van der Waals surface area contributed by atoms with Gasteiger partial charge in [0.15, 0.2) is 5.78 Å². The van der Waals surface area contributed by atoms with Gasteiger partial charge in [0.1, 0.15) is 0 Å². The SMILES string of the molecule is C/C=C(\C)C(=O)N(C)c1ccccc1C(=O)c1ccccc1. The van der Waals surface area contributed by atoms with E-state index in [9.17, 15) is 9.59 Å². The third kappa shape index (κ3) is 3.14. The molecule has 0 bridgehead atoms. The van der Waals surface area contributed by atoms with Crippen LogP contribution >= 0.6 is 0 Å². The fourth-order valence-corrected chi connectivity index (χ4v) is 2.20. The van der Waals surface area contributed by atoms with Crippen LogP contribution in [0.2, 0.25) is 0 Å². The number of nitrogens with zero attached hydrogens (tertiary/aromatic N) is 1. The zero-order valence-corrected chi connectivity index (χ0v) is 13.0. The van der Waals surface area contributed by atoms with Crippen LogP contribution in [0.15, 0.2) is 66.2 Å². The lowest BCUT2D eigenvalue weighted by Crippen LogP contribution is -2.28. The summed E-state index contributed by atoms with van der Waals surface area (Å²) in [6.45, 7) is 3.59. The van der Waals surface area contributed by atoms with E-state index in [1.807, 2.05) is 31.2 Å². The van der Waals surface area contributed by atoms with Crippen molar-refractivity contribution in [2.75, 3.05) is 11.9 Å². The minimum Gasteiger partial charge on any atom is -0.311 e. The van der Waals surface area contributed by atoms with Crippen LogP contribution in [-0.2, 0) is 4.79 Å². The highest BCUT2D eigenvalue weighted by molar-refractivity contribution is 6.15. The molecule has 0 spiro atoms. The fourth-order valence-electron chi connectivity index (χ4n) is 2.20. The van der Waals surface area contributed by atoms with Crippen LogP contribution in [0.3, 0.4) is 0 Å². The first-order chi connectivity index (χ1) is 10.6. The molecular formula is C19H19NO2. The summed E-state index contributed by atoms with van der Waals surface area (Å²) in [7, 11) is 1.69. The van der Waals surface area contributed by atoms with Crippen molar-refractivity contribution in [3.63, 3.8) is 0 Å². The monoisotopic (exact) mass is 293 g/mol. The molecule has 0 aliphatic heterocycles. The van der Waals surface area contributed by atoms with Crippen molar-refractivity contribution in [1.82, 2.24) is 0 Å². The van der Waals surface area contributed by atoms with Gasteiger partial charge in [-0.1, -0.05) is 48.5 Å². The lowest BCUT2D eigenvalue weighted by molar-refractivity contribution is -0.114. The number of para-hydroxylation sites is 1. The molecular weight excluding hydrogens is 274 g/mol. The molecule has 112 valence electrons. The van der Waals surface area contributed by atoms with E-state index >= 15 is 0 Å². The van der Waals surface area contributed by atoms with E-state index in [1.165, 1.54) is 4.90 Å². The molecule has 2 aromatic rings. The normalized spacial score (nSPS) is 11.1. The Bertz CT molecular complexity index is 717. The molecule has 0 fully saturated rings. The van der Waals surface area contributed by atoms with Crippen LogP contribution < -0.4 is 4.90 Å². The number of rotatable bonds is 4. The molecule has 0 saturated carbocycles. The summed E-state index contributed by atoms with van der Waals surface area (Å²) in [6, 6.07) is 16.2. The highest BCUT2D eigenvalue weighted by Gasteiger charge is 2.19. The van der Waals surface area contributed by atoms with E-state index < -0.39 is 0 Å². The van der Waals surface area contributed by atoms with Gasteiger partial charge in [0.2, 0.25) is 0 Å². The predicted octanol–water partition coefficient (Wildman–Crippen LogP) is 3.85. The van der Waals surface area contributed by atoms with Gasteiger partial charge in [0.05, 0.1) is 5.69 Å². The maximum Gasteiger partial charge on any atom is 0.253 e. The molecule has 0 heterocycles. The second-order valence-electron chi connectivity index (χ2n) is 5.05. The molecule has 3 nitrogen and oxygen atoms in total. The Labute approximate surface area is 130 Å². The number of hydrogen-bond donors (Lipinski definition) is 0. The van der Waals surface area contributed by atoms with Crippen molar-refractivity contribution in [1.29, 1.82) is 0 Å². The van der Waals surface area contributed by atoms with Gasteiger partial charge in [-0.15, -0.1) is 0 Å². The molecule has 22 heavy (non-hydrogen) atoms. The van der Waals surface area contributed by atoms with Crippen LogP contribution in [0, 0.1) is 0 Å². The topological polar surface area (TPSA) is 37.4 Å². The minimum atomic E-state index is -0.115. The van der Waals surface area contributed by atoms with Crippen molar-refractivity contribution in [2.45, 2.75) is 13.8 Å². The molecule has 0 saturated heterocycles. The Kier molecular flexibility index (Phi) is 4.89. The molecule has 0 unspecified atom stereocenters. The molecule has 0 aromatic heterocycles. The first-order valence-electron chi connectivity index (χ1n) is 7.16. The molecule has 2 rings (SSSR count). The van der Waals surface area contributed by atoms with Crippen LogP contribution in [0.1, 0.15) is 29.8 Å². The van der Waals surface area contributed by atoms with Crippen LogP contribution in [0.4, 0.5) is 5.69 Å². The average Bonchev–Trinajstić information content (AvgIpc) is 2.59. The molecule has 0 aliphatic carbocycles. The molecule has 0 atom stereocenters. The summed E-state index contributed by atoms with van der Waals surface area (Å²) in [5.41, 5.74) is 2.39. The Morgan fingerprint density at radius 1 is 0.955 bits per heavy atom. The second-order valence-corrected chi connectivity index (χ2v) is 5.05. The molecule has 0 aliphatic rings. The molecule has 3 heteroatoms. The number of amides is 1. The maximum absolute atomic E-state index is 12.7. The van der Waals surface area contributed by atoms with Gasteiger partial charge < -0.3 is 4.90 Å². The number of carbonyl (C=O) groups excluding carboxylic acids is 2. The van der Waals surface area contributed by atoms with Gasteiger partial charge >= 0.3 is 0 Å². The maximum atomic E-state index is 12.7. The van der Waals surface area contributed by atoms with Crippen molar-refractivity contribution in [2.24, 2.45) is 0 Å². The Morgan fingerprint density at radius 3 is 2.18 bits per heavy atom. The van der Waals surface area contributed by atoms with Gasteiger partial charge in [0, 0.05) is 23.7 Å². The van der Waals surface area contributed by atoms with E-state index in [0.29, 0.717) is 22.4 Å². The Balaban J connectivity index is 2.43. The predicted molar refractivity (Wildman–Crippen MR) is 89.2 cm³/mol. The number of anilines is 1. The summed E-state index contributed by atoms with van der Waals surface area (Å²) >= 11 is 0. The van der Waals surface area contributed by atoms with Crippen molar-refractivity contribution >= 4 is 17.4 Å². The summed E-state index contributed by atoms with van der Waals surface area (Å²) in [5.74, 6) is -0.204. The van der Waals surface area contributed by atoms with Gasteiger partial charge in [-0.3, -0.25) is 9.59 Å². The summed E-state index contributed by atoms with van der Waals surface area (Å²) in [4.78, 5) is 26.5. The second kappa shape index (κ2) is 6.85. The highest BCUT2D eigenvalue weighted by Crippen LogP contribution is 2.23. The lowest BCUT2D eigenvalue weighted by Gasteiger charge is -2.20. The first-order valence-corrected chi connectivity index (χ1v) is 7.16. The van der Waals surface area contributed by atoms with Crippen LogP contribution in [-0.4, -0.2) is 18.7 Å². The number of ketones is 1. The van der Waals surface area contributed by atoms with Crippen LogP contribution in [0.25, 0.3) is 0 Å². The number of likely N-dealkylation sites (N-methyl/N-ethyl adjacent to an activating group) is 1. The van der Waals surface area contributed by atoms with Gasteiger partial charge in [0.25, 0.3) is 5.91 Å². The Hall–Kier alpha value is -2.68. The standard InChI is InChI=1S/C19H19NO2/c1-4-14(2)19(22)20(3)17-13-9-8-12-16(17)18(21)15-10-6-5-7-11-15/h4-13H,1-3H3/b14-4+. The Morgan fingerprint density at radius 2 is 1.55 bits per heavy atom. The summed E-state index contributed by atoms with van der Waals surface area (Å²) in [5, 5.41) is 0. The van der Waals surface area contributed by atoms with Crippen LogP contribution in [0.5, 0.6) is 0 Å². The quantitative estimate of drug-likeness (QED) is 0.634. The third-order valence-electron chi connectivity index (χ3n) is 3.62. The van der Waals surface area contributed by atoms with E-state index in [0.717, 1.165) is 0 Å². The van der Waals surface area contributed by atoms with Crippen molar-refractivity contribution in [3.05, 3.63) is 77.4 Å². The van der Waals surface area contributed by atoms with E-state index in [2.05, 4.69) is 0 Å². The van der Waals surface area contributed by atoms with E-state index in [-0.39, 0.29) is 11.7 Å².